The average molecular weight is 431 g/mol. The van der Waals surface area contributed by atoms with Crippen molar-refractivity contribution in [1.29, 1.82) is 0 Å². The molecule has 0 radical (unpaired) electrons. The normalized spacial score (nSPS) is 12.7. The number of carbonyl (C=O) groups excluding carboxylic acids is 2. The highest BCUT2D eigenvalue weighted by Gasteiger charge is 2.28. The van der Waals surface area contributed by atoms with Gasteiger partial charge in [0.05, 0.1) is 17.8 Å². The van der Waals surface area contributed by atoms with Gasteiger partial charge in [0.1, 0.15) is 0 Å². The number of fused-ring (bicyclic) bond motifs is 2. The fourth-order valence-corrected chi connectivity index (χ4v) is 4.75. The second-order valence-electron chi connectivity index (χ2n) is 7.77. The topological polar surface area (TPSA) is 49.4 Å². The van der Waals surface area contributed by atoms with Gasteiger partial charge in [-0.1, -0.05) is 67.1 Å². The molecule has 158 valence electrons. The molecule has 0 saturated carbocycles. The standard InChI is InChI=1S/C26H26N2O2S/c1-3-4-14-27-25(29)20-12-13-24-22(16-20)28(17-19-9-7-8-18(2)15-19)26(30)21-10-5-6-11-23(21)31-24/h5-13,15-16H,3-4,14,17H2,1-2H3,(H,27,29). The van der Waals surface area contributed by atoms with E-state index < -0.39 is 0 Å². The summed E-state index contributed by atoms with van der Waals surface area (Å²) in [6, 6.07) is 21.5. The number of aryl methyl sites for hydroxylation is 1. The summed E-state index contributed by atoms with van der Waals surface area (Å²) in [6.45, 7) is 5.24. The van der Waals surface area contributed by atoms with Crippen LogP contribution >= 0.6 is 11.8 Å². The fourth-order valence-electron chi connectivity index (χ4n) is 3.69. The van der Waals surface area contributed by atoms with E-state index in [0.717, 1.165) is 39.4 Å². The molecule has 1 aliphatic heterocycles. The second kappa shape index (κ2) is 9.40. The van der Waals surface area contributed by atoms with Crippen molar-refractivity contribution in [2.24, 2.45) is 0 Å². The summed E-state index contributed by atoms with van der Waals surface area (Å²) in [4.78, 5) is 30.0. The predicted octanol–water partition coefficient (Wildman–Crippen LogP) is 5.84. The first-order valence-electron chi connectivity index (χ1n) is 10.6. The van der Waals surface area contributed by atoms with Crippen molar-refractivity contribution in [3.8, 4) is 0 Å². The van der Waals surface area contributed by atoms with Crippen molar-refractivity contribution in [3.63, 3.8) is 0 Å². The van der Waals surface area contributed by atoms with Crippen LogP contribution in [0.2, 0.25) is 0 Å². The number of carbonyl (C=O) groups is 2. The van der Waals surface area contributed by atoms with Crippen molar-refractivity contribution < 1.29 is 9.59 Å². The molecule has 0 unspecified atom stereocenters. The van der Waals surface area contributed by atoms with E-state index in [1.807, 2.05) is 67.6 Å². The Bertz CT molecular complexity index is 1130. The third-order valence-corrected chi connectivity index (χ3v) is 6.47. The molecule has 31 heavy (non-hydrogen) atoms. The van der Waals surface area contributed by atoms with E-state index in [9.17, 15) is 9.59 Å². The van der Waals surface area contributed by atoms with E-state index in [0.29, 0.717) is 24.2 Å². The van der Waals surface area contributed by atoms with Crippen molar-refractivity contribution in [2.75, 3.05) is 11.4 Å². The van der Waals surface area contributed by atoms with Crippen LogP contribution in [0.3, 0.4) is 0 Å². The Hall–Kier alpha value is -3.05. The number of amides is 2. The van der Waals surface area contributed by atoms with Gasteiger partial charge >= 0.3 is 0 Å². The Morgan fingerprint density at radius 1 is 1.00 bits per heavy atom. The highest BCUT2D eigenvalue weighted by Crippen LogP contribution is 2.42. The van der Waals surface area contributed by atoms with Gasteiger partial charge in [0.15, 0.2) is 0 Å². The maximum atomic E-state index is 13.6. The van der Waals surface area contributed by atoms with Crippen LogP contribution < -0.4 is 10.2 Å². The molecule has 0 aromatic heterocycles. The number of hydrogen-bond donors (Lipinski definition) is 1. The lowest BCUT2D eigenvalue weighted by Gasteiger charge is -2.24. The van der Waals surface area contributed by atoms with E-state index in [1.165, 1.54) is 0 Å². The SMILES string of the molecule is CCCCNC(=O)c1ccc2c(c1)N(Cc1cccc(C)c1)C(=O)c1ccccc1S2. The number of hydrogen-bond acceptors (Lipinski definition) is 3. The third kappa shape index (κ3) is 4.67. The van der Waals surface area contributed by atoms with Gasteiger partial charge in [-0.2, -0.15) is 0 Å². The summed E-state index contributed by atoms with van der Waals surface area (Å²) in [5.41, 5.74) is 4.24. The van der Waals surface area contributed by atoms with Crippen LogP contribution in [0.4, 0.5) is 5.69 Å². The van der Waals surface area contributed by atoms with Gasteiger partial charge < -0.3 is 10.2 Å². The highest BCUT2D eigenvalue weighted by atomic mass is 32.2. The molecule has 0 atom stereocenters. The maximum Gasteiger partial charge on any atom is 0.259 e. The molecule has 1 aliphatic rings. The Labute approximate surface area is 187 Å². The lowest BCUT2D eigenvalue weighted by molar-refractivity contribution is 0.0949. The first kappa shape index (κ1) is 21.2. The molecule has 0 bridgehead atoms. The molecule has 0 spiro atoms. The van der Waals surface area contributed by atoms with Crippen LogP contribution in [0.15, 0.2) is 76.5 Å². The lowest BCUT2D eigenvalue weighted by Crippen LogP contribution is -2.31. The second-order valence-corrected chi connectivity index (χ2v) is 8.85. The van der Waals surface area contributed by atoms with E-state index in [4.69, 9.17) is 0 Å². The van der Waals surface area contributed by atoms with Crippen molar-refractivity contribution >= 4 is 29.3 Å². The molecule has 2 amide bonds. The summed E-state index contributed by atoms with van der Waals surface area (Å²) in [6.07, 6.45) is 1.97. The highest BCUT2D eigenvalue weighted by molar-refractivity contribution is 7.99. The predicted molar refractivity (Wildman–Crippen MR) is 126 cm³/mol. The molecule has 3 aromatic carbocycles. The molecular formula is C26H26N2O2S. The van der Waals surface area contributed by atoms with Crippen molar-refractivity contribution in [3.05, 3.63) is 89.0 Å². The van der Waals surface area contributed by atoms with Gasteiger partial charge in [-0.15, -0.1) is 0 Å². The summed E-state index contributed by atoms with van der Waals surface area (Å²) >= 11 is 1.57. The number of nitrogens with one attached hydrogen (secondary N) is 1. The third-order valence-electron chi connectivity index (χ3n) is 5.33. The van der Waals surface area contributed by atoms with Crippen molar-refractivity contribution in [2.45, 2.75) is 43.0 Å². The van der Waals surface area contributed by atoms with Gasteiger partial charge in [0.2, 0.25) is 0 Å². The molecule has 1 heterocycles. The van der Waals surface area contributed by atoms with Crippen LogP contribution in [0.5, 0.6) is 0 Å². The average Bonchev–Trinajstić information content (AvgIpc) is 2.88. The maximum absolute atomic E-state index is 13.6. The molecule has 5 heteroatoms. The first-order valence-corrected chi connectivity index (χ1v) is 11.4. The van der Waals surface area contributed by atoms with Crippen LogP contribution in [0, 0.1) is 6.92 Å². The fraction of sp³-hybridized carbons (Fsp3) is 0.231. The van der Waals surface area contributed by atoms with Gasteiger partial charge in [0, 0.05) is 21.9 Å². The van der Waals surface area contributed by atoms with E-state index in [1.54, 1.807) is 16.7 Å². The van der Waals surface area contributed by atoms with E-state index in [2.05, 4.69) is 18.3 Å². The number of unbranched alkanes of at least 4 members (excludes halogenated alkanes) is 1. The zero-order valence-electron chi connectivity index (χ0n) is 17.9. The molecule has 4 nitrogen and oxygen atoms in total. The minimum Gasteiger partial charge on any atom is -0.352 e. The smallest absolute Gasteiger partial charge is 0.259 e. The summed E-state index contributed by atoms with van der Waals surface area (Å²) < 4.78 is 0. The van der Waals surface area contributed by atoms with Gasteiger partial charge in [0.25, 0.3) is 11.8 Å². The molecule has 3 aromatic rings. The quantitative estimate of drug-likeness (QED) is 0.500. The number of anilines is 1. The lowest BCUT2D eigenvalue weighted by atomic mass is 10.1. The molecule has 0 aliphatic carbocycles. The number of benzene rings is 3. The number of nitrogens with zero attached hydrogens (tertiary/aromatic N) is 1. The van der Waals surface area contributed by atoms with Crippen LogP contribution in [0.25, 0.3) is 0 Å². The van der Waals surface area contributed by atoms with Crippen LogP contribution in [-0.2, 0) is 6.54 Å². The molecule has 1 N–H and O–H groups in total. The van der Waals surface area contributed by atoms with Gasteiger partial charge in [-0.05, 0) is 49.2 Å². The minimum atomic E-state index is -0.106. The Balaban J connectivity index is 1.75. The van der Waals surface area contributed by atoms with Gasteiger partial charge in [-0.3, -0.25) is 9.59 Å². The monoisotopic (exact) mass is 430 g/mol. The zero-order chi connectivity index (χ0) is 21.8. The number of rotatable bonds is 6. The van der Waals surface area contributed by atoms with Crippen LogP contribution in [0.1, 0.15) is 51.6 Å². The summed E-state index contributed by atoms with van der Waals surface area (Å²) in [5, 5.41) is 2.97. The molecule has 4 rings (SSSR count). The molecule has 0 saturated heterocycles. The van der Waals surface area contributed by atoms with Crippen LogP contribution in [-0.4, -0.2) is 18.4 Å². The van der Waals surface area contributed by atoms with E-state index in [-0.39, 0.29) is 11.8 Å². The van der Waals surface area contributed by atoms with Crippen molar-refractivity contribution in [1.82, 2.24) is 5.32 Å². The zero-order valence-corrected chi connectivity index (χ0v) is 18.7. The summed E-state index contributed by atoms with van der Waals surface area (Å²) in [7, 11) is 0. The Kier molecular flexibility index (Phi) is 6.42. The first-order chi connectivity index (χ1) is 15.1. The van der Waals surface area contributed by atoms with Gasteiger partial charge in [-0.25, -0.2) is 0 Å². The largest absolute Gasteiger partial charge is 0.352 e. The summed E-state index contributed by atoms with van der Waals surface area (Å²) in [5.74, 6) is -0.155. The van der Waals surface area contributed by atoms with E-state index >= 15 is 0 Å². The Morgan fingerprint density at radius 2 is 1.84 bits per heavy atom. The molecule has 0 fully saturated rings. The minimum absolute atomic E-state index is 0.0492. The molecular weight excluding hydrogens is 404 g/mol. The Morgan fingerprint density at radius 3 is 2.65 bits per heavy atom.